The lowest BCUT2D eigenvalue weighted by Gasteiger charge is -2.50. The van der Waals surface area contributed by atoms with Crippen LogP contribution in [0.3, 0.4) is 0 Å². The van der Waals surface area contributed by atoms with Crippen molar-refractivity contribution in [2.24, 2.45) is 11.8 Å². The molecule has 3 aliphatic rings. The first kappa shape index (κ1) is 9.86. The van der Waals surface area contributed by atoms with E-state index >= 15 is 0 Å². The first-order valence-corrected chi connectivity index (χ1v) is 5.44. The molecule has 3 aliphatic heterocycles. The topological polar surface area (TPSA) is 102 Å². The molecule has 7 nitrogen and oxygen atoms in total. The molecule has 16 heavy (non-hydrogen) atoms. The number of urea groups is 1. The summed E-state index contributed by atoms with van der Waals surface area (Å²) in [5.41, 5.74) is 0. The highest BCUT2D eigenvalue weighted by atomic mass is 16.3. The van der Waals surface area contributed by atoms with Crippen LogP contribution in [0.5, 0.6) is 0 Å². The number of aliphatic hydroxyl groups excluding tert-OH is 1. The van der Waals surface area contributed by atoms with Crippen LogP contribution < -0.4 is 21.3 Å². The standard InChI is InChI=1S/C9H14N4O3/c14-4-1-3-2-5(15)11-8-6(3)7(10-4)12-9(16)13-8/h3-4,6-8,10,14H,1-2H2,(H,11,15)(H2,12,13,16). The van der Waals surface area contributed by atoms with Crippen molar-refractivity contribution in [1.29, 1.82) is 0 Å². The van der Waals surface area contributed by atoms with E-state index in [2.05, 4.69) is 21.3 Å². The van der Waals surface area contributed by atoms with Crippen molar-refractivity contribution >= 4 is 11.9 Å². The van der Waals surface area contributed by atoms with Gasteiger partial charge in [-0.3, -0.25) is 10.1 Å². The molecule has 5 N–H and O–H groups in total. The van der Waals surface area contributed by atoms with Crippen LogP contribution in [0.2, 0.25) is 0 Å². The summed E-state index contributed by atoms with van der Waals surface area (Å²) in [4.78, 5) is 22.8. The Kier molecular flexibility index (Phi) is 2.05. The minimum atomic E-state index is -0.656. The second-order valence-corrected chi connectivity index (χ2v) is 4.60. The Bertz CT molecular complexity index is 318. The number of rotatable bonds is 0. The van der Waals surface area contributed by atoms with Gasteiger partial charge in [0.2, 0.25) is 5.91 Å². The van der Waals surface area contributed by atoms with E-state index in [-0.39, 0.29) is 36.1 Å². The van der Waals surface area contributed by atoms with E-state index in [1.807, 2.05) is 0 Å². The molecular weight excluding hydrogens is 212 g/mol. The van der Waals surface area contributed by atoms with Gasteiger partial charge in [-0.25, -0.2) is 4.79 Å². The highest BCUT2D eigenvalue weighted by molar-refractivity contribution is 5.81. The largest absolute Gasteiger partial charge is 0.379 e. The lowest BCUT2D eigenvalue weighted by Crippen LogP contribution is -2.75. The van der Waals surface area contributed by atoms with Gasteiger partial charge < -0.3 is 21.1 Å². The highest BCUT2D eigenvalue weighted by Crippen LogP contribution is 2.34. The summed E-state index contributed by atoms with van der Waals surface area (Å²) in [5.74, 6) is 0.133. The molecule has 7 heteroatoms. The van der Waals surface area contributed by atoms with E-state index in [0.717, 1.165) is 0 Å². The molecule has 0 bridgehead atoms. The fraction of sp³-hybridized carbons (Fsp3) is 0.778. The number of aliphatic hydroxyl groups is 1. The molecule has 0 spiro atoms. The number of piperidine rings is 2. The van der Waals surface area contributed by atoms with Gasteiger partial charge in [0, 0.05) is 12.3 Å². The van der Waals surface area contributed by atoms with Crippen molar-refractivity contribution in [2.45, 2.75) is 31.4 Å². The third-order valence-corrected chi connectivity index (χ3v) is 3.55. The molecule has 0 saturated carbocycles. The van der Waals surface area contributed by atoms with Gasteiger partial charge in [-0.2, -0.15) is 0 Å². The Morgan fingerprint density at radius 2 is 1.88 bits per heavy atom. The van der Waals surface area contributed by atoms with E-state index in [1.54, 1.807) is 0 Å². The van der Waals surface area contributed by atoms with Crippen molar-refractivity contribution in [3.8, 4) is 0 Å². The van der Waals surface area contributed by atoms with Gasteiger partial charge in [0.1, 0.15) is 12.4 Å². The maximum atomic E-state index is 11.4. The number of nitrogens with one attached hydrogen (secondary N) is 4. The molecule has 0 radical (unpaired) electrons. The third kappa shape index (κ3) is 1.43. The molecule has 3 fully saturated rings. The molecule has 0 aromatic carbocycles. The van der Waals surface area contributed by atoms with Gasteiger partial charge >= 0.3 is 6.03 Å². The zero-order chi connectivity index (χ0) is 11.3. The second kappa shape index (κ2) is 3.33. The zero-order valence-corrected chi connectivity index (χ0v) is 8.56. The van der Waals surface area contributed by atoms with E-state index < -0.39 is 6.23 Å². The first-order chi connectivity index (χ1) is 7.63. The maximum Gasteiger partial charge on any atom is 0.317 e. The summed E-state index contributed by atoms with van der Waals surface area (Å²) < 4.78 is 0. The van der Waals surface area contributed by atoms with Crippen LogP contribution in [0.15, 0.2) is 0 Å². The van der Waals surface area contributed by atoms with Gasteiger partial charge in [0.05, 0.1) is 6.17 Å². The average molecular weight is 226 g/mol. The molecule has 5 unspecified atom stereocenters. The summed E-state index contributed by atoms with van der Waals surface area (Å²) in [6.45, 7) is 0. The average Bonchev–Trinajstić information content (AvgIpc) is 2.14. The van der Waals surface area contributed by atoms with E-state index in [4.69, 9.17) is 0 Å². The normalized spacial score (nSPS) is 46.2. The molecule has 0 aromatic heterocycles. The molecule has 3 saturated heterocycles. The quantitative estimate of drug-likeness (QED) is 0.330. The summed E-state index contributed by atoms with van der Waals surface area (Å²) in [5, 5.41) is 20.7. The van der Waals surface area contributed by atoms with Gasteiger partial charge in [-0.1, -0.05) is 0 Å². The van der Waals surface area contributed by atoms with Crippen LogP contribution in [0.25, 0.3) is 0 Å². The summed E-state index contributed by atoms with van der Waals surface area (Å²) in [6, 6.07) is -0.325. The lowest BCUT2D eigenvalue weighted by molar-refractivity contribution is -0.131. The van der Waals surface area contributed by atoms with Crippen LogP contribution in [-0.2, 0) is 4.79 Å². The van der Waals surface area contributed by atoms with Crippen LogP contribution in [-0.4, -0.2) is 35.6 Å². The van der Waals surface area contributed by atoms with Crippen LogP contribution >= 0.6 is 0 Å². The monoisotopic (exact) mass is 226 g/mol. The third-order valence-electron chi connectivity index (χ3n) is 3.55. The van der Waals surface area contributed by atoms with Crippen LogP contribution in [0, 0.1) is 11.8 Å². The Balaban J connectivity index is 1.89. The van der Waals surface area contributed by atoms with Crippen LogP contribution in [0.4, 0.5) is 4.79 Å². The Morgan fingerprint density at radius 1 is 1.12 bits per heavy atom. The van der Waals surface area contributed by atoms with E-state index in [1.165, 1.54) is 0 Å². The predicted molar refractivity (Wildman–Crippen MR) is 52.7 cm³/mol. The molecule has 0 aliphatic carbocycles. The number of amides is 3. The van der Waals surface area contributed by atoms with Crippen molar-refractivity contribution in [3.63, 3.8) is 0 Å². The first-order valence-electron chi connectivity index (χ1n) is 5.44. The highest BCUT2D eigenvalue weighted by Gasteiger charge is 2.49. The summed E-state index contributed by atoms with van der Waals surface area (Å²) in [6.07, 6.45) is -0.300. The summed E-state index contributed by atoms with van der Waals surface area (Å²) in [7, 11) is 0. The minimum Gasteiger partial charge on any atom is -0.379 e. The second-order valence-electron chi connectivity index (χ2n) is 4.60. The Hall–Kier alpha value is -1.34. The number of carbonyl (C=O) groups excluding carboxylic acids is 2. The minimum absolute atomic E-state index is 0.0682. The van der Waals surface area contributed by atoms with Crippen LogP contribution in [0.1, 0.15) is 12.8 Å². The molecule has 5 atom stereocenters. The molecule has 3 rings (SSSR count). The smallest absolute Gasteiger partial charge is 0.317 e. The van der Waals surface area contributed by atoms with E-state index in [9.17, 15) is 14.7 Å². The number of carbonyl (C=O) groups is 2. The molecule has 88 valence electrons. The van der Waals surface area contributed by atoms with Gasteiger partial charge in [-0.05, 0) is 12.3 Å². The SMILES string of the molecule is O=C1CC2CC(O)NC3NC(=O)NC(N1)C23. The zero-order valence-electron chi connectivity index (χ0n) is 8.56. The van der Waals surface area contributed by atoms with Gasteiger partial charge in [0.15, 0.2) is 0 Å². The predicted octanol–water partition coefficient (Wildman–Crippen LogP) is -1.98. The molecular formula is C9H14N4O3. The Labute approximate surface area is 92.0 Å². The van der Waals surface area contributed by atoms with Gasteiger partial charge in [-0.15, -0.1) is 0 Å². The van der Waals surface area contributed by atoms with Gasteiger partial charge in [0.25, 0.3) is 0 Å². The summed E-state index contributed by atoms with van der Waals surface area (Å²) >= 11 is 0. The fourth-order valence-corrected chi connectivity index (χ4v) is 2.95. The molecule has 3 heterocycles. The lowest BCUT2D eigenvalue weighted by atomic mass is 9.75. The molecule has 3 amide bonds. The number of hydrogen-bond donors (Lipinski definition) is 5. The van der Waals surface area contributed by atoms with Crippen molar-refractivity contribution in [1.82, 2.24) is 21.3 Å². The van der Waals surface area contributed by atoms with Crippen molar-refractivity contribution < 1.29 is 14.7 Å². The van der Waals surface area contributed by atoms with Crippen molar-refractivity contribution in [3.05, 3.63) is 0 Å². The molecule has 0 aromatic rings. The maximum absolute atomic E-state index is 11.4. The van der Waals surface area contributed by atoms with E-state index in [0.29, 0.717) is 12.8 Å². The number of hydrogen-bond acceptors (Lipinski definition) is 4. The van der Waals surface area contributed by atoms with Crippen molar-refractivity contribution in [2.75, 3.05) is 0 Å². The Morgan fingerprint density at radius 3 is 2.69 bits per heavy atom. The fourth-order valence-electron chi connectivity index (χ4n) is 2.95.